The molecule has 0 saturated carbocycles. The van der Waals surface area contributed by atoms with Gasteiger partial charge in [0, 0.05) is 10.6 Å². The van der Waals surface area contributed by atoms with Gasteiger partial charge in [0.2, 0.25) is 0 Å². The highest BCUT2D eigenvalue weighted by atomic mass is 35.5. The predicted molar refractivity (Wildman–Crippen MR) is 132 cm³/mol. The van der Waals surface area contributed by atoms with Gasteiger partial charge in [0.25, 0.3) is 11.8 Å². The number of nitrogens with zero attached hydrogens (tertiary/aromatic N) is 1. The summed E-state index contributed by atoms with van der Waals surface area (Å²) in [6.07, 6.45) is 1.40. The number of imide groups is 2. The number of halogens is 1. The van der Waals surface area contributed by atoms with Crippen LogP contribution in [0.3, 0.4) is 0 Å². The third-order valence-corrected chi connectivity index (χ3v) is 5.83. The predicted octanol–water partition coefficient (Wildman–Crippen LogP) is 5.51. The summed E-state index contributed by atoms with van der Waals surface area (Å²) in [7, 11) is 0. The van der Waals surface area contributed by atoms with Crippen molar-refractivity contribution in [1.82, 2.24) is 5.32 Å². The summed E-state index contributed by atoms with van der Waals surface area (Å²) < 4.78 is 6.01. The third kappa shape index (κ3) is 4.87. The first-order chi connectivity index (χ1) is 16.2. The summed E-state index contributed by atoms with van der Waals surface area (Å²) >= 11 is 6.19. The van der Waals surface area contributed by atoms with Crippen molar-refractivity contribution < 1.29 is 19.1 Å². The molecule has 0 atom stereocenters. The van der Waals surface area contributed by atoms with E-state index in [9.17, 15) is 14.4 Å². The normalized spacial score (nSPS) is 15.0. The fourth-order valence-electron chi connectivity index (χ4n) is 3.63. The average Bonchev–Trinajstić information content (AvgIpc) is 2.78. The Kier molecular flexibility index (Phi) is 6.52. The van der Waals surface area contributed by atoms with Crippen LogP contribution in [0, 0.1) is 20.8 Å². The molecule has 1 saturated heterocycles. The minimum Gasteiger partial charge on any atom is -0.488 e. The number of hydrogen-bond donors (Lipinski definition) is 1. The number of rotatable bonds is 5. The van der Waals surface area contributed by atoms with E-state index in [1.54, 1.807) is 36.4 Å². The smallest absolute Gasteiger partial charge is 0.335 e. The Balaban J connectivity index is 1.67. The van der Waals surface area contributed by atoms with Gasteiger partial charge in [-0.25, -0.2) is 9.69 Å². The Bertz CT molecular complexity index is 1350. The zero-order valence-electron chi connectivity index (χ0n) is 19.0. The molecule has 6 nitrogen and oxygen atoms in total. The van der Waals surface area contributed by atoms with Crippen molar-refractivity contribution in [3.05, 3.63) is 99.1 Å². The Morgan fingerprint density at radius 3 is 2.47 bits per heavy atom. The first-order valence-corrected chi connectivity index (χ1v) is 11.1. The van der Waals surface area contributed by atoms with Crippen LogP contribution in [0.4, 0.5) is 10.5 Å². The lowest BCUT2D eigenvalue weighted by molar-refractivity contribution is -0.122. The molecule has 1 N–H and O–H groups in total. The minimum absolute atomic E-state index is 0.195. The topological polar surface area (TPSA) is 75.7 Å². The van der Waals surface area contributed by atoms with Crippen molar-refractivity contribution in [3.8, 4) is 5.75 Å². The molecular weight excluding hydrogens is 452 g/mol. The number of carbonyl (C=O) groups excluding carboxylic acids is 3. The summed E-state index contributed by atoms with van der Waals surface area (Å²) in [5, 5.41) is 2.65. The SMILES string of the molecule is Cc1cccc(N2C(=O)NC(=O)/C(=C\c3cc(Cl)ccc3OCc3ccc(C)c(C)c3)C2=O)c1. The highest BCUT2D eigenvalue weighted by Crippen LogP contribution is 2.29. The molecule has 0 unspecified atom stereocenters. The summed E-state index contributed by atoms with van der Waals surface area (Å²) in [6, 6.07) is 17.2. The summed E-state index contributed by atoms with van der Waals surface area (Å²) in [5.41, 5.74) is 4.84. The molecule has 0 radical (unpaired) electrons. The van der Waals surface area contributed by atoms with Gasteiger partial charge in [-0.05, 0) is 79.4 Å². The standard InChI is InChI=1S/C27H23ClN2O4/c1-16-5-4-6-22(11-16)30-26(32)23(25(31)29-27(30)33)14-20-13-21(28)9-10-24(20)34-15-19-8-7-17(2)18(3)12-19/h4-14H,15H2,1-3H3,(H,29,31,33)/b23-14+. The van der Waals surface area contributed by atoms with Crippen LogP contribution in [0.5, 0.6) is 5.75 Å². The lowest BCUT2D eigenvalue weighted by Gasteiger charge is -2.26. The zero-order chi connectivity index (χ0) is 24.4. The van der Waals surface area contributed by atoms with Crippen LogP contribution in [-0.4, -0.2) is 17.8 Å². The van der Waals surface area contributed by atoms with E-state index >= 15 is 0 Å². The number of nitrogens with one attached hydrogen (secondary N) is 1. The quantitative estimate of drug-likeness (QED) is 0.390. The van der Waals surface area contributed by atoms with Crippen molar-refractivity contribution >= 4 is 41.2 Å². The number of ether oxygens (including phenoxy) is 1. The van der Waals surface area contributed by atoms with Gasteiger partial charge < -0.3 is 4.74 Å². The van der Waals surface area contributed by atoms with Crippen LogP contribution in [0.1, 0.15) is 27.8 Å². The molecule has 7 heteroatoms. The lowest BCUT2D eigenvalue weighted by atomic mass is 10.1. The number of hydrogen-bond acceptors (Lipinski definition) is 4. The van der Waals surface area contributed by atoms with Crippen LogP contribution < -0.4 is 15.0 Å². The van der Waals surface area contributed by atoms with E-state index in [2.05, 4.69) is 5.32 Å². The van der Waals surface area contributed by atoms with Crippen molar-refractivity contribution in [1.29, 1.82) is 0 Å². The molecule has 1 aliphatic rings. The lowest BCUT2D eigenvalue weighted by Crippen LogP contribution is -2.54. The van der Waals surface area contributed by atoms with Gasteiger partial charge in [-0.2, -0.15) is 0 Å². The maximum absolute atomic E-state index is 13.2. The van der Waals surface area contributed by atoms with E-state index < -0.39 is 17.8 Å². The summed E-state index contributed by atoms with van der Waals surface area (Å²) in [4.78, 5) is 39.2. The third-order valence-electron chi connectivity index (χ3n) is 5.60. The fourth-order valence-corrected chi connectivity index (χ4v) is 3.81. The van der Waals surface area contributed by atoms with E-state index in [4.69, 9.17) is 16.3 Å². The van der Waals surface area contributed by atoms with Crippen molar-refractivity contribution in [2.45, 2.75) is 27.4 Å². The summed E-state index contributed by atoms with van der Waals surface area (Å²) in [5.74, 6) is -1.05. The fraction of sp³-hybridized carbons (Fsp3) is 0.148. The first-order valence-electron chi connectivity index (χ1n) is 10.7. The first kappa shape index (κ1) is 23.3. The van der Waals surface area contributed by atoms with Gasteiger partial charge in [0.05, 0.1) is 5.69 Å². The number of amides is 4. The number of benzene rings is 3. The molecule has 0 aliphatic carbocycles. The van der Waals surface area contributed by atoms with E-state index in [0.29, 0.717) is 28.6 Å². The molecule has 1 heterocycles. The Hall–Kier alpha value is -3.90. The van der Waals surface area contributed by atoms with Crippen molar-refractivity contribution in [2.75, 3.05) is 4.90 Å². The molecule has 1 aliphatic heterocycles. The molecule has 0 bridgehead atoms. The number of urea groups is 1. The minimum atomic E-state index is -0.796. The second-order valence-electron chi connectivity index (χ2n) is 8.19. The van der Waals surface area contributed by atoms with Crippen LogP contribution >= 0.6 is 11.6 Å². The van der Waals surface area contributed by atoms with Gasteiger partial charge >= 0.3 is 6.03 Å². The molecular formula is C27H23ClN2O4. The molecule has 0 spiro atoms. The van der Waals surface area contributed by atoms with Crippen molar-refractivity contribution in [3.63, 3.8) is 0 Å². The van der Waals surface area contributed by atoms with Crippen LogP contribution in [0.25, 0.3) is 6.08 Å². The Labute approximate surface area is 202 Å². The van der Waals surface area contributed by atoms with Gasteiger partial charge in [-0.3, -0.25) is 14.9 Å². The highest BCUT2D eigenvalue weighted by molar-refractivity contribution is 6.39. The Morgan fingerprint density at radius 1 is 0.941 bits per heavy atom. The van der Waals surface area contributed by atoms with E-state index in [-0.39, 0.29) is 5.57 Å². The monoisotopic (exact) mass is 474 g/mol. The van der Waals surface area contributed by atoms with E-state index in [1.165, 1.54) is 11.6 Å². The highest BCUT2D eigenvalue weighted by Gasteiger charge is 2.37. The largest absolute Gasteiger partial charge is 0.488 e. The maximum atomic E-state index is 13.2. The molecule has 4 amide bonds. The number of carbonyl (C=O) groups is 3. The summed E-state index contributed by atoms with van der Waals surface area (Å²) in [6.45, 7) is 6.22. The van der Waals surface area contributed by atoms with Gasteiger partial charge in [0.15, 0.2) is 0 Å². The second kappa shape index (κ2) is 9.53. The number of anilines is 1. The van der Waals surface area contributed by atoms with Crippen molar-refractivity contribution in [2.24, 2.45) is 0 Å². The van der Waals surface area contributed by atoms with Gasteiger partial charge in [0.1, 0.15) is 17.9 Å². The van der Waals surface area contributed by atoms with Gasteiger partial charge in [-0.15, -0.1) is 0 Å². The molecule has 34 heavy (non-hydrogen) atoms. The van der Waals surface area contributed by atoms with Crippen LogP contribution in [0.2, 0.25) is 5.02 Å². The van der Waals surface area contributed by atoms with Gasteiger partial charge in [-0.1, -0.05) is 41.9 Å². The average molecular weight is 475 g/mol. The number of barbiturate groups is 1. The van der Waals surface area contributed by atoms with E-state index in [0.717, 1.165) is 21.6 Å². The van der Waals surface area contributed by atoms with Crippen LogP contribution in [0.15, 0.2) is 66.2 Å². The molecule has 3 aromatic rings. The maximum Gasteiger partial charge on any atom is 0.335 e. The molecule has 3 aromatic carbocycles. The number of aryl methyl sites for hydroxylation is 3. The molecule has 4 rings (SSSR count). The van der Waals surface area contributed by atoms with Crippen LogP contribution in [-0.2, 0) is 16.2 Å². The second-order valence-corrected chi connectivity index (χ2v) is 8.62. The molecule has 1 fully saturated rings. The Morgan fingerprint density at radius 2 is 1.74 bits per heavy atom. The zero-order valence-corrected chi connectivity index (χ0v) is 19.8. The van der Waals surface area contributed by atoms with E-state index in [1.807, 2.05) is 45.0 Å². The molecule has 0 aromatic heterocycles. The molecule has 172 valence electrons.